The molecular formula is C16H16F3NS. The minimum absolute atomic E-state index is 0.166. The molecular weight excluding hydrogens is 295 g/mol. The average molecular weight is 311 g/mol. The maximum atomic E-state index is 12.6. The molecule has 0 heterocycles. The molecule has 0 aliphatic carbocycles. The van der Waals surface area contributed by atoms with Gasteiger partial charge in [-0.15, -0.1) is 11.8 Å². The molecule has 112 valence electrons. The van der Waals surface area contributed by atoms with Crippen LogP contribution in [0.15, 0.2) is 41.3 Å². The van der Waals surface area contributed by atoms with Crippen molar-refractivity contribution in [2.24, 2.45) is 0 Å². The first-order valence-corrected chi connectivity index (χ1v) is 7.41. The van der Waals surface area contributed by atoms with Crippen molar-refractivity contribution < 1.29 is 13.2 Å². The van der Waals surface area contributed by atoms with E-state index in [1.165, 1.54) is 29.0 Å². The van der Waals surface area contributed by atoms with Crippen LogP contribution < -0.4 is 5.73 Å². The van der Waals surface area contributed by atoms with Crippen LogP contribution in [0.1, 0.15) is 22.3 Å². The van der Waals surface area contributed by atoms with Crippen LogP contribution in [0, 0.1) is 13.8 Å². The Balaban J connectivity index is 2.13. The van der Waals surface area contributed by atoms with Gasteiger partial charge in [0.15, 0.2) is 0 Å². The highest BCUT2D eigenvalue weighted by Gasteiger charge is 2.30. The topological polar surface area (TPSA) is 26.0 Å². The van der Waals surface area contributed by atoms with Crippen molar-refractivity contribution in [1.82, 2.24) is 0 Å². The first-order valence-electron chi connectivity index (χ1n) is 6.42. The van der Waals surface area contributed by atoms with Crippen LogP contribution in [0.4, 0.5) is 18.9 Å². The summed E-state index contributed by atoms with van der Waals surface area (Å²) in [6.45, 7) is 4.04. The highest BCUT2D eigenvalue weighted by atomic mass is 32.2. The Morgan fingerprint density at radius 1 is 1.00 bits per heavy atom. The zero-order valence-electron chi connectivity index (χ0n) is 11.8. The zero-order valence-corrected chi connectivity index (χ0v) is 12.6. The second-order valence-electron chi connectivity index (χ2n) is 5.04. The quantitative estimate of drug-likeness (QED) is 0.623. The first kappa shape index (κ1) is 15.8. The number of rotatable bonds is 3. The predicted octanol–water partition coefficient (Wildman–Crippen LogP) is 5.20. The number of aryl methyl sites for hydroxylation is 2. The molecule has 1 nitrogen and oxygen atoms in total. The maximum Gasteiger partial charge on any atom is 0.416 e. The lowest BCUT2D eigenvalue weighted by Gasteiger charge is -2.11. The second-order valence-corrected chi connectivity index (χ2v) is 6.05. The van der Waals surface area contributed by atoms with E-state index in [0.29, 0.717) is 10.6 Å². The van der Waals surface area contributed by atoms with Gasteiger partial charge in [0.2, 0.25) is 0 Å². The number of nitrogen functional groups attached to an aromatic ring is 1. The summed E-state index contributed by atoms with van der Waals surface area (Å²) in [5.41, 5.74) is 8.66. The highest BCUT2D eigenvalue weighted by Crippen LogP contribution is 2.35. The van der Waals surface area contributed by atoms with Crippen molar-refractivity contribution in [2.75, 3.05) is 5.73 Å². The van der Waals surface area contributed by atoms with Crippen molar-refractivity contribution in [2.45, 2.75) is 30.7 Å². The largest absolute Gasteiger partial charge is 0.416 e. The summed E-state index contributed by atoms with van der Waals surface area (Å²) in [7, 11) is 0. The van der Waals surface area contributed by atoms with Crippen molar-refractivity contribution >= 4 is 17.4 Å². The molecule has 2 aromatic carbocycles. The molecule has 0 aromatic heterocycles. The number of hydrogen-bond donors (Lipinski definition) is 1. The van der Waals surface area contributed by atoms with E-state index < -0.39 is 11.7 Å². The van der Waals surface area contributed by atoms with Crippen LogP contribution >= 0.6 is 11.8 Å². The van der Waals surface area contributed by atoms with Crippen molar-refractivity contribution in [3.05, 3.63) is 58.7 Å². The molecule has 2 rings (SSSR count). The molecule has 0 saturated carbocycles. The fourth-order valence-corrected chi connectivity index (χ4v) is 3.05. The minimum atomic E-state index is -4.36. The summed E-state index contributed by atoms with van der Waals surface area (Å²) >= 11 is 1.44. The third-order valence-corrected chi connectivity index (χ3v) is 4.17. The van der Waals surface area contributed by atoms with E-state index in [2.05, 4.69) is 18.2 Å². The number of halogens is 3. The Morgan fingerprint density at radius 2 is 1.62 bits per heavy atom. The fourth-order valence-electron chi connectivity index (χ4n) is 2.17. The van der Waals surface area contributed by atoms with Crippen LogP contribution in [0.3, 0.4) is 0 Å². The molecule has 0 fully saturated rings. The van der Waals surface area contributed by atoms with Crippen LogP contribution in [0.25, 0.3) is 0 Å². The van der Waals surface area contributed by atoms with E-state index >= 15 is 0 Å². The van der Waals surface area contributed by atoms with Crippen LogP contribution in [0.2, 0.25) is 0 Å². The molecule has 0 aliphatic heterocycles. The lowest BCUT2D eigenvalue weighted by atomic mass is 10.1. The SMILES string of the molecule is Cc1cc(C)cc(CSc2ccc(C(F)(F)F)cc2N)c1. The standard InChI is InChI=1S/C16H16F3NS/c1-10-5-11(2)7-12(6-10)9-21-15-4-3-13(8-14(15)20)16(17,18)19/h3-8H,9,20H2,1-2H3. The van der Waals surface area contributed by atoms with Crippen LogP contribution in [-0.4, -0.2) is 0 Å². The monoisotopic (exact) mass is 311 g/mol. The Labute approximate surface area is 126 Å². The lowest BCUT2D eigenvalue weighted by molar-refractivity contribution is -0.137. The van der Waals surface area contributed by atoms with Crippen molar-refractivity contribution in [3.63, 3.8) is 0 Å². The highest BCUT2D eigenvalue weighted by molar-refractivity contribution is 7.98. The van der Waals surface area contributed by atoms with Gasteiger partial charge in [-0.05, 0) is 37.6 Å². The molecule has 5 heteroatoms. The molecule has 0 aliphatic rings. The summed E-state index contributed by atoms with van der Waals surface area (Å²) in [5.74, 6) is 0.679. The first-order chi connectivity index (χ1) is 9.75. The smallest absolute Gasteiger partial charge is 0.398 e. The number of anilines is 1. The Kier molecular flexibility index (Phi) is 4.52. The van der Waals surface area contributed by atoms with Gasteiger partial charge in [-0.2, -0.15) is 13.2 Å². The van der Waals surface area contributed by atoms with E-state index in [9.17, 15) is 13.2 Å². The second kappa shape index (κ2) is 6.02. The molecule has 2 aromatic rings. The van der Waals surface area contributed by atoms with Gasteiger partial charge in [-0.25, -0.2) is 0 Å². The van der Waals surface area contributed by atoms with E-state index in [4.69, 9.17) is 5.73 Å². The van der Waals surface area contributed by atoms with Gasteiger partial charge in [0, 0.05) is 16.3 Å². The average Bonchev–Trinajstić information content (AvgIpc) is 2.35. The predicted molar refractivity (Wildman–Crippen MR) is 81.3 cm³/mol. The molecule has 0 radical (unpaired) electrons. The van der Waals surface area contributed by atoms with E-state index in [1.54, 1.807) is 0 Å². The molecule has 0 atom stereocenters. The van der Waals surface area contributed by atoms with E-state index in [-0.39, 0.29) is 5.69 Å². The number of alkyl halides is 3. The third-order valence-electron chi connectivity index (χ3n) is 3.01. The number of hydrogen-bond acceptors (Lipinski definition) is 2. The molecule has 0 unspecified atom stereocenters. The summed E-state index contributed by atoms with van der Waals surface area (Å²) < 4.78 is 37.7. The Morgan fingerprint density at radius 3 is 2.14 bits per heavy atom. The van der Waals surface area contributed by atoms with Crippen molar-refractivity contribution in [1.29, 1.82) is 0 Å². The third kappa shape index (κ3) is 4.17. The van der Waals surface area contributed by atoms with Crippen LogP contribution in [0.5, 0.6) is 0 Å². The molecule has 0 amide bonds. The summed E-state index contributed by atoms with van der Waals surface area (Å²) in [6.07, 6.45) is -4.36. The number of benzene rings is 2. The van der Waals surface area contributed by atoms with Gasteiger partial charge in [-0.1, -0.05) is 29.3 Å². The summed E-state index contributed by atoms with van der Waals surface area (Å²) in [4.78, 5) is 0.669. The van der Waals surface area contributed by atoms with Gasteiger partial charge in [0.1, 0.15) is 0 Å². The van der Waals surface area contributed by atoms with Gasteiger partial charge in [0.05, 0.1) is 5.56 Å². The lowest BCUT2D eigenvalue weighted by Crippen LogP contribution is -2.05. The van der Waals surface area contributed by atoms with Crippen LogP contribution in [-0.2, 0) is 11.9 Å². The van der Waals surface area contributed by atoms with E-state index in [1.807, 2.05) is 13.8 Å². The molecule has 2 N–H and O–H groups in total. The Bertz CT molecular complexity index is 630. The molecule has 0 saturated heterocycles. The zero-order chi connectivity index (χ0) is 15.6. The van der Waals surface area contributed by atoms with Gasteiger partial charge in [-0.3, -0.25) is 0 Å². The van der Waals surface area contributed by atoms with Gasteiger partial charge in [0.25, 0.3) is 0 Å². The molecule has 21 heavy (non-hydrogen) atoms. The van der Waals surface area contributed by atoms with Gasteiger partial charge < -0.3 is 5.73 Å². The fraction of sp³-hybridized carbons (Fsp3) is 0.250. The van der Waals surface area contributed by atoms with E-state index in [0.717, 1.165) is 17.7 Å². The number of thioether (sulfide) groups is 1. The summed E-state index contributed by atoms with van der Waals surface area (Å²) in [5, 5.41) is 0. The molecule has 0 spiro atoms. The normalized spacial score (nSPS) is 11.7. The molecule has 0 bridgehead atoms. The van der Waals surface area contributed by atoms with Crippen molar-refractivity contribution in [3.8, 4) is 0 Å². The maximum absolute atomic E-state index is 12.6. The number of nitrogens with two attached hydrogens (primary N) is 1. The Hall–Kier alpha value is -1.62. The van der Waals surface area contributed by atoms with Gasteiger partial charge >= 0.3 is 6.18 Å². The summed E-state index contributed by atoms with van der Waals surface area (Å²) in [6, 6.07) is 9.72. The minimum Gasteiger partial charge on any atom is -0.398 e.